The van der Waals surface area contributed by atoms with Crippen LogP contribution in [-0.2, 0) is 14.8 Å². The van der Waals surface area contributed by atoms with E-state index in [-0.39, 0.29) is 29.8 Å². The number of sulfonamides is 1. The molecule has 0 spiro atoms. The van der Waals surface area contributed by atoms with E-state index in [0.29, 0.717) is 29.1 Å². The summed E-state index contributed by atoms with van der Waals surface area (Å²) in [5.41, 5.74) is 0.510. The van der Waals surface area contributed by atoms with Gasteiger partial charge in [-0.15, -0.1) is 12.4 Å². The number of carbonyl (C=O) groups excluding carboxylic acids is 1. The van der Waals surface area contributed by atoms with Gasteiger partial charge in [0.1, 0.15) is 0 Å². The van der Waals surface area contributed by atoms with Gasteiger partial charge in [-0.25, -0.2) is 13.1 Å². The second-order valence-electron chi connectivity index (χ2n) is 6.31. The Bertz CT molecular complexity index is 772. The summed E-state index contributed by atoms with van der Waals surface area (Å²) >= 11 is 5.91. The van der Waals surface area contributed by atoms with Gasteiger partial charge in [-0.3, -0.25) is 4.79 Å². The van der Waals surface area contributed by atoms with Gasteiger partial charge in [-0.2, -0.15) is 0 Å². The number of nitrogens with one attached hydrogen (secondary N) is 1. The van der Waals surface area contributed by atoms with Crippen molar-refractivity contribution in [2.24, 2.45) is 0 Å². The van der Waals surface area contributed by atoms with Crippen LogP contribution in [0, 0.1) is 0 Å². The highest BCUT2D eigenvalue weighted by Gasteiger charge is 2.43. The summed E-state index contributed by atoms with van der Waals surface area (Å²) < 4.78 is 28.1. The second kappa shape index (κ2) is 8.08. The largest absolute Gasteiger partial charge is 0.339 e. The Labute approximate surface area is 160 Å². The zero-order chi connectivity index (χ0) is 18.1. The van der Waals surface area contributed by atoms with Gasteiger partial charge in [0.05, 0.1) is 10.4 Å². The number of rotatable bonds is 5. The summed E-state index contributed by atoms with van der Waals surface area (Å²) in [6, 6.07) is 6.71. The van der Waals surface area contributed by atoms with E-state index in [1.54, 1.807) is 36.1 Å². The molecule has 0 aliphatic carbocycles. The maximum Gasteiger partial charge on any atom is 0.242 e. The quantitative estimate of drug-likeness (QED) is 0.813. The van der Waals surface area contributed by atoms with Crippen LogP contribution in [0.4, 0.5) is 0 Å². The van der Waals surface area contributed by atoms with Crippen molar-refractivity contribution in [3.05, 3.63) is 40.4 Å². The third kappa shape index (κ3) is 4.56. The Kier molecular flexibility index (Phi) is 7.10. The van der Waals surface area contributed by atoms with Gasteiger partial charge in [0.2, 0.25) is 15.9 Å². The van der Waals surface area contributed by atoms with Crippen molar-refractivity contribution in [2.45, 2.75) is 39.7 Å². The molecule has 0 radical (unpaired) electrons. The van der Waals surface area contributed by atoms with Crippen LogP contribution in [0.3, 0.4) is 0 Å². The summed E-state index contributed by atoms with van der Waals surface area (Å²) in [7, 11) is -3.65. The third-order valence-corrected chi connectivity index (χ3v) is 6.23. The van der Waals surface area contributed by atoms with E-state index in [1.165, 1.54) is 0 Å². The molecule has 0 saturated carbocycles. The predicted octanol–water partition coefficient (Wildman–Crippen LogP) is 3.44. The minimum absolute atomic E-state index is 0. The molecule has 5 nitrogen and oxygen atoms in total. The molecule has 2 rings (SSSR count). The Morgan fingerprint density at radius 2 is 1.76 bits per heavy atom. The van der Waals surface area contributed by atoms with E-state index in [4.69, 9.17) is 11.6 Å². The average Bonchev–Trinajstić information content (AvgIpc) is 2.68. The van der Waals surface area contributed by atoms with Gasteiger partial charge in [0.25, 0.3) is 0 Å². The average molecular weight is 407 g/mol. The van der Waals surface area contributed by atoms with Crippen LogP contribution in [0.25, 0.3) is 4.91 Å². The zero-order valence-electron chi connectivity index (χ0n) is 14.8. The summed E-state index contributed by atoms with van der Waals surface area (Å²) in [5, 5.41) is 0.542. The summed E-state index contributed by atoms with van der Waals surface area (Å²) in [4.78, 5) is 14.0. The Morgan fingerprint density at radius 1 is 1.20 bits per heavy atom. The van der Waals surface area contributed by atoms with E-state index >= 15 is 0 Å². The molecule has 0 bridgehead atoms. The minimum atomic E-state index is -3.65. The molecule has 1 aliphatic rings. The molecule has 140 valence electrons. The Balaban J connectivity index is 0.00000312. The van der Waals surface area contributed by atoms with Crippen molar-refractivity contribution in [3.8, 4) is 0 Å². The molecule has 1 aromatic carbocycles. The fourth-order valence-corrected chi connectivity index (χ4v) is 5.00. The molecule has 0 atom stereocenters. The van der Waals surface area contributed by atoms with Crippen molar-refractivity contribution < 1.29 is 13.2 Å². The molecule has 1 aromatic rings. The molecule has 25 heavy (non-hydrogen) atoms. The molecule has 0 unspecified atom stereocenters. The van der Waals surface area contributed by atoms with E-state index in [0.717, 1.165) is 0 Å². The Morgan fingerprint density at radius 3 is 2.24 bits per heavy atom. The second-order valence-corrected chi connectivity index (χ2v) is 8.36. The first-order valence-electron chi connectivity index (χ1n) is 7.93. The van der Waals surface area contributed by atoms with Crippen molar-refractivity contribution in [3.63, 3.8) is 0 Å². The van der Waals surface area contributed by atoms with E-state index in [9.17, 15) is 13.2 Å². The normalized spacial score (nSPS) is 18.0. The summed E-state index contributed by atoms with van der Waals surface area (Å²) in [6.07, 6.45) is 0.387. The first kappa shape index (κ1) is 22.0. The maximum absolute atomic E-state index is 12.7. The lowest BCUT2D eigenvalue weighted by Gasteiger charge is -2.28. The molecular formula is C17H24Cl2N2O3S. The number of benzene rings is 1. The number of hydrogen-bond acceptors (Lipinski definition) is 3. The van der Waals surface area contributed by atoms with Crippen LogP contribution in [0.5, 0.6) is 0 Å². The fourth-order valence-electron chi connectivity index (χ4n) is 2.89. The van der Waals surface area contributed by atoms with Gasteiger partial charge in [-0.05, 0) is 44.0 Å². The molecule has 0 aromatic heterocycles. The molecule has 1 heterocycles. The molecule has 0 fully saturated rings. The maximum atomic E-state index is 12.7. The van der Waals surface area contributed by atoms with Gasteiger partial charge >= 0.3 is 0 Å². The molecule has 1 N–H and O–H groups in total. The number of halogens is 2. The smallest absolute Gasteiger partial charge is 0.242 e. The van der Waals surface area contributed by atoms with Crippen LogP contribution in [0.2, 0.25) is 5.02 Å². The lowest BCUT2D eigenvalue weighted by Crippen LogP contribution is -2.42. The molecule has 8 heteroatoms. The number of hydrogen-bond donors (Lipinski definition) is 1. The number of likely N-dealkylation sites (N-methyl/N-ethyl adjacent to an activating group) is 1. The fraction of sp³-hybridized carbons (Fsp3) is 0.471. The topological polar surface area (TPSA) is 66.5 Å². The van der Waals surface area contributed by atoms with E-state index in [2.05, 4.69) is 4.72 Å². The third-order valence-electron chi connectivity index (χ3n) is 4.18. The highest BCUT2D eigenvalue weighted by molar-refractivity contribution is 7.99. The monoisotopic (exact) mass is 406 g/mol. The first-order valence-corrected chi connectivity index (χ1v) is 9.79. The lowest BCUT2D eigenvalue weighted by molar-refractivity contribution is -0.130. The minimum Gasteiger partial charge on any atom is -0.339 e. The SMILES string of the molecule is CCC(=O)N(CC)CC1=C(c2ccc(Cl)cc2)S(=O)(=O)NC1(C)C.Cl. The van der Waals surface area contributed by atoms with E-state index in [1.807, 2.05) is 20.8 Å². The van der Waals surface area contributed by atoms with Crippen LogP contribution in [0.15, 0.2) is 29.8 Å². The van der Waals surface area contributed by atoms with Crippen molar-refractivity contribution in [1.29, 1.82) is 0 Å². The van der Waals surface area contributed by atoms with Crippen LogP contribution >= 0.6 is 24.0 Å². The van der Waals surface area contributed by atoms with Crippen LogP contribution < -0.4 is 4.72 Å². The molecule has 1 aliphatic heterocycles. The van der Waals surface area contributed by atoms with E-state index < -0.39 is 15.6 Å². The van der Waals surface area contributed by atoms with Gasteiger partial charge in [0, 0.05) is 24.5 Å². The molecule has 1 amide bonds. The summed E-state index contributed by atoms with van der Waals surface area (Å²) in [6.45, 7) is 8.12. The highest BCUT2D eigenvalue weighted by atomic mass is 35.5. The number of carbonyl (C=O) groups is 1. The van der Waals surface area contributed by atoms with Crippen LogP contribution in [0.1, 0.15) is 39.7 Å². The first-order chi connectivity index (χ1) is 11.1. The molecular weight excluding hydrogens is 383 g/mol. The summed E-state index contributed by atoms with van der Waals surface area (Å²) in [5.74, 6) is 0.000513. The van der Waals surface area contributed by atoms with Gasteiger partial charge in [-0.1, -0.05) is 30.7 Å². The number of nitrogens with zero attached hydrogens (tertiary/aromatic N) is 1. The Hall–Kier alpha value is -1.08. The van der Waals surface area contributed by atoms with Crippen molar-refractivity contribution in [2.75, 3.05) is 13.1 Å². The number of amides is 1. The predicted molar refractivity (Wildman–Crippen MR) is 104 cm³/mol. The molecule has 0 saturated heterocycles. The van der Waals surface area contributed by atoms with Gasteiger partial charge < -0.3 is 4.90 Å². The van der Waals surface area contributed by atoms with Crippen molar-refractivity contribution in [1.82, 2.24) is 9.62 Å². The van der Waals surface area contributed by atoms with Crippen molar-refractivity contribution >= 4 is 44.8 Å². The van der Waals surface area contributed by atoms with Gasteiger partial charge in [0.15, 0.2) is 0 Å². The highest BCUT2D eigenvalue weighted by Crippen LogP contribution is 2.38. The lowest BCUT2D eigenvalue weighted by atomic mass is 9.92. The standard InChI is InChI=1S/C17H23ClN2O3S.ClH/c1-5-15(21)20(6-2)11-14-16(12-7-9-13(18)10-8-12)24(22,23)19-17(14,3)4;/h7-10,19H,5-6,11H2,1-4H3;1H. The van der Waals surface area contributed by atoms with Crippen LogP contribution in [-0.4, -0.2) is 37.9 Å². The zero-order valence-corrected chi connectivity index (χ0v) is 17.2.